The number of hydrogen-bond acceptors (Lipinski definition) is 6. The van der Waals surface area contributed by atoms with Crippen LogP contribution in [0.1, 0.15) is 11.1 Å². The molecular weight excluding hydrogens is 288 g/mol. The Labute approximate surface area is 124 Å². The smallest absolute Gasteiger partial charge is 0.338 e. The molecule has 22 heavy (non-hydrogen) atoms. The summed E-state index contributed by atoms with van der Waals surface area (Å²) in [6.45, 7) is -0.176. The Morgan fingerprint density at radius 1 is 1.36 bits per heavy atom. The zero-order valence-corrected chi connectivity index (χ0v) is 11.7. The van der Waals surface area contributed by atoms with Crippen molar-refractivity contribution in [3.63, 3.8) is 0 Å². The molecule has 2 aromatic rings. The number of hydrogen-bond donors (Lipinski definition) is 1. The maximum Gasteiger partial charge on any atom is 0.338 e. The molecule has 0 bridgehead atoms. The van der Waals surface area contributed by atoms with Crippen molar-refractivity contribution in [1.82, 2.24) is 0 Å². The average Bonchev–Trinajstić information content (AvgIpc) is 2.76. The molecule has 0 fully saturated rings. The van der Waals surface area contributed by atoms with Gasteiger partial charge >= 0.3 is 11.9 Å². The van der Waals surface area contributed by atoms with Crippen molar-refractivity contribution < 1.29 is 23.8 Å². The molecule has 0 spiro atoms. The van der Waals surface area contributed by atoms with Crippen molar-refractivity contribution >= 4 is 22.5 Å². The molecule has 112 valence electrons. The summed E-state index contributed by atoms with van der Waals surface area (Å²) in [7, 11) is 1.23. The number of aliphatic hydroxyl groups is 1. The summed E-state index contributed by atoms with van der Waals surface area (Å²) < 4.78 is 15.5. The molecule has 1 aromatic heterocycles. The Bertz CT molecular complexity index is 872. The van der Waals surface area contributed by atoms with Crippen molar-refractivity contribution in [2.24, 2.45) is 0 Å². The predicted molar refractivity (Wildman–Crippen MR) is 78.2 cm³/mol. The van der Waals surface area contributed by atoms with E-state index in [0.717, 1.165) is 0 Å². The second-order valence-electron chi connectivity index (χ2n) is 4.60. The minimum Gasteiger partial charge on any atom is -0.465 e. The molecule has 1 N–H and O–H groups in total. The van der Waals surface area contributed by atoms with Crippen molar-refractivity contribution in [2.75, 3.05) is 7.11 Å². The summed E-state index contributed by atoms with van der Waals surface area (Å²) in [5, 5.41) is 9.45. The van der Waals surface area contributed by atoms with Gasteiger partial charge in [0, 0.05) is 0 Å². The number of methoxy groups -OCH3 is 1. The van der Waals surface area contributed by atoms with E-state index in [1.165, 1.54) is 25.5 Å². The van der Waals surface area contributed by atoms with E-state index >= 15 is 0 Å². The van der Waals surface area contributed by atoms with Crippen LogP contribution in [0.2, 0.25) is 0 Å². The van der Waals surface area contributed by atoms with E-state index in [9.17, 15) is 9.59 Å². The van der Waals surface area contributed by atoms with Gasteiger partial charge in [-0.05, 0) is 29.8 Å². The third kappa shape index (κ3) is 2.19. The zero-order valence-electron chi connectivity index (χ0n) is 11.7. The zero-order chi connectivity index (χ0) is 15.7. The Balaban J connectivity index is 2.33. The average molecular weight is 300 g/mol. The van der Waals surface area contributed by atoms with Gasteiger partial charge in [0.1, 0.15) is 11.1 Å². The van der Waals surface area contributed by atoms with E-state index in [2.05, 4.69) is 0 Å². The minimum absolute atomic E-state index is 0.0149. The molecule has 1 aromatic carbocycles. The van der Waals surface area contributed by atoms with Crippen molar-refractivity contribution in [3.8, 4) is 5.95 Å². The van der Waals surface area contributed by atoms with Crippen LogP contribution in [0, 0.1) is 0 Å². The highest BCUT2D eigenvalue weighted by atomic mass is 16.6. The lowest BCUT2D eigenvalue weighted by Gasteiger charge is -2.09. The summed E-state index contributed by atoms with van der Waals surface area (Å²) >= 11 is 0. The Morgan fingerprint density at radius 2 is 2.18 bits per heavy atom. The topological polar surface area (TPSA) is 86.0 Å². The fraction of sp³-hybridized carbons (Fsp3) is 0.125. The number of aliphatic hydroxyl groups excluding tert-OH is 1. The van der Waals surface area contributed by atoms with Crippen LogP contribution in [0.5, 0.6) is 5.95 Å². The SMILES string of the molecule is COC(=O)C1=CC=COc2oc3cc(CO)ccc3c(=O)c21. The largest absolute Gasteiger partial charge is 0.465 e. The highest BCUT2D eigenvalue weighted by molar-refractivity contribution is 6.18. The summed E-state index contributed by atoms with van der Waals surface area (Å²) in [5.74, 6) is -0.743. The normalized spacial score (nSPS) is 13.1. The lowest BCUT2D eigenvalue weighted by Crippen LogP contribution is -2.15. The highest BCUT2D eigenvalue weighted by Gasteiger charge is 2.25. The maximum atomic E-state index is 12.7. The second-order valence-corrected chi connectivity index (χ2v) is 4.60. The fourth-order valence-corrected chi connectivity index (χ4v) is 2.23. The van der Waals surface area contributed by atoms with Crippen LogP contribution >= 0.6 is 0 Å². The molecule has 0 saturated heterocycles. The van der Waals surface area contributed by atoms with Gasteiger partial charge < -0.3 is 19.0 Å². The Hall–Kier alpha value is -2.86. The number of fused-ring (bicyclic) bond motifs is 2. The first-order valence-corrected chi connectivity index (χ1v) is 6.48. The number of esters is 1. The monoisotopic (exact) mass is 300 g/mol. The van der Waals surface area contributed by atoms with Gasteiger partial charge in [-0.15, -0.1) is 0 Å². The third-order valence-electron chi connectivity index (χ3n) is 3.30. The van der Waals surface area contributed by atoms with Gasteiger partial charge in [0.2, 0.25) is 5.43 Å². The summed E-state index contributed by atoms with van der Waals surface area (Å²) in [5.41, 5.74) is 0.550. The van der Waals surface area contributed by atoms with Gasteiger partial charge in [-0.25, -0.2) is 4.79 Å². The van der Waals surface area contributed by atoms with Crippen LogP contribution < -0.4 is 10.2 Å². The maximum absolute atomic E-state index is 12.7. The number of carbonyl (C=O) groups excluding carboxylic acids is 1. The summed E-state index contributed by atoms with van der Waals surface area (Å²) in [6, 6.07) is 4.71. The molecule has 2 heterocycles. The highest BCUT2D eigenvalue weighted by Crippen LogP contribution is 2.30. The first-order chi connectivity index (χ1) is 10.7. The first-order valence-electron chi connectivity index (χ1n) is 6.48. The summed E-state index contributed by atoms with van der Waals surface area (Å²) in [4.78, 5) is 24.6. The van der Waals surface area contributed by atoms with Gasteiger partial charge in [0.05, 0.1) is 30.9 Å². The molecule has 1 aliphatic heterocycles. The summed E-state index contributed by atoms with van der Waals surface area (Å²) in [6.07, 6.45) is 4.22. The fourth-order valence-electron chi connectivity index (χ4n) is 2.23. The lowest BCUT2D eigenvalue weighted by molar-refractivity contribution is -0.133. The molecule has 0 unspecified atom stereocenters. The number of benzene rings is 1. The van der Waals surface area contributed by atoms with E-state index in [1.54, 1.807) is 18.2 Å². The van der Waals surface area contributed by atoms with Crippen LogP contribution in [0.15, 0.2) is 45.8 Å². The van der Waals surface area contributed by atoms with Crippen LogP contribution in [0.25, 0.3) is 16.5 Å². The number of carbonyl (C=O) groups is 1. The van der Waals surface area contributed by atoms with Gasteiger partial charge in [-0.1, -0.05) is 6.07 Å². The van der Waals surface area contributed by atoms with E-state index in [4.69, 9.17) is 19.0 Å². The molecule has 6 nitrogen and oxygen atoms in total. The third-order valence-corrected chi connectivity index (χ3v) is 3.30. The molecule has 6 heteroatoms. The van der Waals surface area contributed by atoms with Gasteiger partial charge in [0.15, 0.2) is 0 Å². The van der Waals surface area contributed by atoms with E-state index < -0.39 is 11.4 Å². The van der Waals surface area contributed by atoms with Gasteiger partial charge in [-0.2, -0.15) is 0 Å². The Kier molecular flexibility index (Phi) is 3.52. The van der Waals surface area contributed by atoms with Crippen LogP contribution in [-0.4, -0.2) is 18.2 Å². The van der Waals surface area contributed by atoms with Gasteiger partial charge in [-0.3, -0.25) is 4.79 Å². The Morgan fingerprint density at radius 3 is 2.91 bits per heavy atom. The van der Waals surface area contributed by atoms with Crippen molar-refractivity contribution in [3.05, 3.63) is 58.0 Å². The molecule has 3 rings (SSSR count). The van der Waals surface area contributed by atoms with E-state index in [0.29, 0.717) is 5.56 Å². The predicted octanol–water partition coefficient (Wildman–Crippen LogP) is 1.75. The van der Waals surface area contributed by atoms with Crippen LogP contribution in [-0.2, 0) is 16.1 Å². The van der Waals surface area contributed by atoms with Crippen LogP contribution in [0.4, 0.5) is 0 Å². The standard InChI is InChI=1S/C16H12O6/c1-20-15(19)11-3-2-6-21-16-13(11)14(18)10-5-4-9(8-17)7-12(10)22-16/h2-7,17H,8H2,1H3. The van der Waals surface area contributed by atoms with Gasteiger partial charge in [0.25, 0.3) is 0 Å². The van der Waals surface area contributed by atoms with Crippen molar-refractivity contribution in [2.45, 2.75) is 6.61 Å². The molecule has 0 saturated carbocycles. The lowest BCUT2D eigenvalue weighted by atomic mass is 10.0. The molecular formula is C16H12O6. The number of rotatable bonds is 2. The molecule has 0 atom stereocenters. The molecule has 0 radical (unpaired) electrons. The number of ether oxygens (including phenoxy) is 2. The van der Waals surface area contributed by atoms with E-state index in [1.807, 2.05) is 0 Å². The quantitative estimate of drug-likeness (QED) is 0.850. The molecule has 0 amide bonds. The second kappa shape index (κ2) is 5.50. The number of allylic oxidation sites excluding steroid dienone is 2. The molecule has 0 aliphatic carbocycles. The van der Waals surface area contributed by atoms with E-state index in [-0.39, 0.29) is 34.7 Å². The minimum atomic E-state index is -0.657. The first kappa shape index (κ1) is 14.1. The van der Waals surface area contributed by atoms with Crippen molar-refractivity contribution in [1.29, 1.82) is 0 Å². The van der Waals surface area contributed by atoms with Crippen LogP contribution in [0.3, 0.4) is 0 Å². The molecule has 1 aliphatic rings.